The molecule has 2 N–H and O–H groups in total. The second kappa shape index (κ2) is 2.21. The van der Waals surface area contributed by atoms with Crippen LogP contribution in [0.3, 0.4) is 0 Å². The average molecular weight is 135 g/mol. The van der Waals surface area contributed by atoms with Crippen LogP contribution in [0, 0.1) is 0 Å². The van der Waals surface area contributed by atoms with Crippen LogP contribution in [0.15, 0.2) is 0 Å². The predicted molar refractivity (Wildman–Crippen MR) is 31.4 cm³/mol. The fourth-order valence-corrected chi connectivity index (χ4v) is 1.12. The summed E-state index contributed by atoms with van der Waals surface area (Å²) in [6.45, 7) is 0. The molecule has 1 fully saturated rings. The van der Waals surface area contributed by atoms with Crippen molar-refractivity contribution in [1.29, 1.82) is 0 Å². The number of nitrogens with two attached hydrogens (primary N) is 1. The summed E-state index contributed by atoms with van der Waals surface area (Å²) in [6, 6.07) is -0.883. The molecule has 3 heteroatoms. The van der Waals surface area contributed by atoms with Crippen molar-refractivity contribution < 1.29 is 8.78 Å². The molecule has 0 aromatic rings. The standard InChI is InChI=1S/C6H11F2N/c7-6(8)4-2-1-3-5(6)9/h5H,1-4,9H2/t5-/m0/s1. The molecule has 1 rings (SSSR count). The van der Waals surface area contributed by atoms with Crippen molar-refractivity contribution in [1.82, 2.24) is 0 Å². The van der Waals surface area contributed by atoms with Crippen LogP contribution >= 0.6 is 0 Å². The largest absolute Gasteiger partial charge is 0.323 e. The maximum absolute atomic E-state index is 12.5. The maximum atomic E-state index is 12.5. The van der Waals surface area contributed by atoms with Gasteiger partial charge in [0.15, 0.2) is 0 Å². The van der Waals surface area contributed by atoms with E-state index >= 15 is 0 Å². The fourth-order valence-electron chi connectivity index (χ4n) is 1.12. The SMILES string of the molecule is N[C@H]1CCCCC1(F)F. The topological polar surface area (TPSA) is 26.0 Å². The highest BCUT2D eigenvalue weighted by molar-refractivity contribution is 4.84. The van der Waals surface area contributed by atoms with E-state index in [-0.39, 0.29) is 6.42 Å². The molecule has 0 aromatic heterocycles. The lowest BCUT2D eigenvalue weighted by molar-refractivity contribution is -0.0514. The Hall–Kier alpha value is -0.180. The second-order valence-electron chi connectivity index (χ2n) is 2.61. The first kappa shape index (κ1) is 6.93. The third-order valence-electron chi connectivity index (χ3n) is 1.82. The van der Waals surface area contributed by atoms with Gasteiger partial charge in [0.25, 0.3) is 5.92 Å². The lowest BCUT2D eigenvalue weighted by Crippen LogP contribution is -2.43. The molecule has 1 nitrogen and oxygen atoms in total. The van der Waals surface area contributed by atoms with E-state index in [2.05, 4.69) is 0 Å². The molecular weight excluding hydrogens is 124 g/mol. The van der Waals surface area contributed by atoms with Gasteiger partial charge in [-0.2, -0.15) is 0 Å². The van der Waals surface area contributed by atoms with Gasteiger partial charge >= 0.3 is 0 Å². The van der Waals surface area contributed by atoms with Crippen molar-refractivity contribution in [2.75, 3.05) is 0 Å². The third-order valence-corrected chi connectivity index (χ3v) is 1.82. The van der Waals surface area contributed by atoms with Crippen LogP contribution in [-0.4, -0.2) is 12.0 Å². The molecule has 0 heterocycles. The number of hydrogen-bond acceptors (Lipinski definition) is 1. The molecule has 1 atom stereocenters. The van der Waals surface area contributed by atoms with E-state index in [0.29, 0.717) is 12.8 Å². The lowest BCUT2D eigenvalue weighted by Gasteiger charge is -2.27. The van der Waals surface area contributed by atoms with Gasteiger partial charge in [0, 0.05) is 6.42 Å². The number of hydrogen-bond donors (Lipinski definition) is 1. The van der Waals surface area contributed by atoms with Gasteiger partial charge in [0.2, 0.25) is 0 Å². The minimum Gasteiger partial charge on any atom is -0.323 e. The Kier molecular flexibility index (Phi) is 1.70. The van der Waals surface area contributed by atoms with Crippen LogP contribution in [0.25, 0.3) is 0 Å². The molecule has 1 aliphatic rings. The van der Waals surface area contributed by atoms with Gasteiger partial charge < -0.3 is 5.73 Å². The van der Waals surface area contributed by atoms with Crippen LogP contribution < -0.4 is 5.73 Å². The van der Waals surface area contributed by atoms with Gasteiger partial charge in [-0.1, -0.05) is 6.42 Å². The molecule has 0 saturated heterocycles. The molecule has 0 radical (unpaired) electrons. The van der Waals surface area contributed by atoms with Gasteiger partial charge in [0.1, 0.15) is 0 Å². The van der Waals surface area contributed by atoms with Crippen LogP contribution in [0.1, 0.15) is 25.7 Å². The average Bonchev–Trinajstić information content (AvgIpc) is 1.77. The second-order valence-corrected chi connectivity index (χ2v) is 2.61. The first-order valence-electron chi connectivity index (χ1n) is 3.26. The molecule has 1 aliphatic carbocycles. The van der Waals surface area contributed by atoms with Crippen LogP contribution in [0.2, 0.25) is 0 Å². The Morgan fingerprint density at radius 1 is 1.33 bits per heavy atom. The van der Waals surface area contributed by atoms with Crippen LogP contribution in [0.5, 0.6) is 0 Å². The minimum absolute atomic E-state index is 0.0197. The Morgan fingerprint density at radius 2 is 2.00 bits per heavy atom. The van der Waals surface area contributed by atoms with Crippen molar-refractivity contribution in [3.05, 3.63) is 0 Å². The van der Waals surface area contributed by atoms with Crippen LogP contribution in [0.4, 0.5) is 8.78 Å². The van der Waals surface area contributed by atoms with E-state index in [0.717, 1.165) is 6.42 Å². The normalized spacial score (nSPS) is 34.3. The van der Waals surface area contributed by atoms with Crippen molar-refractivity contribution >= 4 is 0 Å². The summed E-state index contributed by atoms with van der Waals surface area (Å²) in [4.78, 5) is 0. The van der Waals surface area contributed by atoms with E-state index in [9.17, 15) is 8.78 Å². The first-order chi connectivity index (χ1) is 4.13. The summed E-state index contributed by atoms with van der Waals surface area (Å²) in [6.07, 6.45) is 1.94. The zero-order chi connectivity index (χ0) is 6.91. The Bertz CT molecular complexity index is 103. The van der Waals surface area contributed by atoms with Gasteiger partial charge in [-0.15, -0.1) is 0 Å². The highest BCUT2D eigenvalue weighted by atomic mass is 19.3. The Labute approximate surface area is 53.2 Å². The van der Waals surface area contributed by atoms with Crippen molar-refractivity contribution in [2.24, 2.45) is 5.73 Å². The highest BCUT2D eigenvalue weighted by Gasteiger charge is 2.38. The van der Waals surface area contributed by atoms with Crippen LogP contribution in [-0.2, 0) is 0 Å². The smallest absolute Gasteiger partial charge is 0.262 e. The minimum atomic E-state index is -2.59. The quantitative estimate of drug-likeness (QED) is 0.535. The maximum Gasteiger partial charge on any atom is 0.262 e. The van der Waals surface area contributed by atoms with Gasteiger partial charge in [0.05, 0.1) is 6.04 Å². The van der Waals surface area contributed by atoms with E-state index in [1.54, 1.807) is 0 Å². The number of rotatable bonds is 0. The molecule has 0 bridgehead atoms. The Morgan fingerprint density at radius 3 is 2.33 bits per heavy atom. The number of alkyl halides is 2. The summed E-state index contributed by atoms with van der Waals surface area (Å²) in [5, 5.41) is 0. The predicted octanol–water partition coefficient (Wildman–Crippen LogP) is 1.52. The summed E-state index contributed by atoms with van der Waals surface area (Å²) in [7, 11) is 0. The van der Waals surface area contributed by atoms with Crippen molar-refractivity contribution in [3.63, 3.8) is 0 Å². The zero-order valence-corrected chi connectivity index (χ0v) is 5.24. The van der Waals surface area contributed by atoms with Crippen molar-refractivity contribution in [2.45, 2.75) is 37.6 Å². The molecule has 0 aliphatic heterocycles. The lowest BCUT2D eigenvalue weighted by atomic mass is 9.92. The van der Waals surface area contributed by atoms with Crippen molar-refractivity contribution in [3.8, 4) is 0 Å². The third kappa shape index (κ3) is 1.39. The molecule has 0 aromatic carbocycles. The summed E-state index contributed by atoms with van der Waals surface area (Å²) < 4.78 is 24.9. The van der Waals surface area contributed by atoms with E-state index < -0.39 is 12.0 Å². The van der Waals surface area contributed by atoms with Gasteiger partial charge in [-0.3, -0.25) is 0 Å². The molecule has 1 saturated carbocycles. The van der Waals surface area contributed by atoms with E-state index in [1.807, 2.05) is 0 Å². The molecule has 54 valence electrons. The molecule has 9 heavy (non-hydrogen) atoms. The monoisotopic (exact) mass is 135 g/mol. The fraction of sp³-hybridized carbons (Fsp3) is 1.00. The highest BCUT2D eigenvalue weighted by Crippen LogP contribution is 2.31. The Balaban J connectivity index is 2.49. The molecule has 0 unspecified atom stereocenters. The molecule has 0 spiro atoms. The summed E-state index contributed by atoms with van der Waals surface area (Å²) >= 11 is 0. The van der Waals surface area contributed by atoms with E-state index in [4.69, 9.17) is 5.73 Å². The van der Waals surface area contributed by atoms with Gasteiger partial charge in [-0.05, 0) is 12.8 Å². The molecule has 0 amide bonds. The van der Waals surface area contributed by atoms with E-state index in [1.165, 1.54) is 0 Å². The summed E-state index contributed by atoms with van der Waals surface area (Å²) in [5.41, 5.74) is 5.16. The summed E-state index contributed by atoms with van der Waals surface area (Å²) in [5.74, 6) is -2.59. The molecular formula is C6H11F2N. The first-order valence-corrected chi connectivity index (χ1v) is 3.26. The zero-order valence-electron chi connectivity index (χ0n) is 5.24. The number of halogens is 2. The van der Waals surface area contributed by atoms with Gasteiger partial charge in [-0.25, -0.2) is 8.78 Å².